The molecule has 3 aromatic heterocycles. The van der Waals surface area contributed by atoms with Crippen LogP contribution in [0.1, 0.15) is 21.8 Å². The van der Waals surface area contributed by atoms with Crippen LogP contribution < -0.4 is 4.90 Å². The van der Waals surface area contributed by atoms with Gasteiger partial charge in [-0.1, -0.05) is 29.5 Å². The summed E-state index contributed by atoms with van der Waals surface area (Å²) in [5, 5.41) is 2.67. The van der Waals surface area contributed by atoms with Crippen LogP contribution in [0, 0.1) is 13.8 Å². The molecule has 4 aromatic rings. The Morgan fingerprint density at radius 2 is 2.04 bits per heavy atom. The monoisotopic (exact) mass is 394 g/mol. The number of anilines is 1. The van der Waals surface area contributed by atoms with Crippen LogP contribution in [0.25, 0.3) is 16.3 Å². The molecule has 1 aromatic carbocycles. The van der Waals surface area contributed by atoms with Gasteiger partial charge < -0.3 is 4.42 Å². The summed E-state index contributed by atoms with van der Waals surface area (Å²) >= 11 is 3.14. The van der Waals surface area contributed by atoms with Gasteiger partial charge in [0.1, 0.15) is 5.76 Å². The maximum absolute atomic E-state index is 13.0. The molecule has 27 heavy (non-hydrogen) atoms. The zero-order valence-electron chi connectivity index (χ0n) is 15.0. The molecule has 136 valence electrons. The van der Waals surface area contributed by atoms with Gasteiger partial charge in [0.05, 0.1) is 23.0 Å². The second-order valence-corrected chi connectivity index (χ2v) is 8.18. The molecule has 0 bridgehead atoms. The van der Waals surface area contributed by atoms with Crippen LogP contribution in [0.15, 0.2) is 58.5 Å². The van der Waals surface area contributed by atoms with E-state index in [9.17, 15) is 4.79 Å². The first-order valence-corrected chi connectivity index (χ1v) is 10.2. The van der Waals surface area contributed by atoms with Gasteiger partial charge in [-0.2, -0.15) is 0 Å². The van der Waals surface area contributed by atoms with Crippen LogP contribution >= 0.6 is 22.7 Å². The van der Waals surface area contributed by atoms with Crippen molar-refractivity contribution in [3.05, 3.63) is 75.9 Å². The predicted octanol–water partition coefficient (Wildman–Crippen LogP) is 5.81. The van der Waals surface area contributed by atoms with Gasteiger partial charge >= 0.3 is 0 Å². The average Bonchev–Trinajstić information content (AvgIpc) is 3.42. The molecule has 0 saturated heterocycles. The van der Waals surface area contributed by atoms with E-state index in [4.69, 9.17) is 9.40 Å². The summed E-state index contributed by atoms with van der Waals surface area (Å²) in [6.07, 6.45) is 5.05. The Kier molecular flexibility index (Phi) is 4.92. The van der Waals surface area contributed by atoms with Gasteiger partial charge in [0, 0.05) is 11.0 Å². The van der Waals surface area contributed by atoms with Crippen molar-refractivity contribution in [2.24, 2.45) is 0 Å². The number of thiazole rings is 1. The normalized spacial score (nSPS) is 11.5. The lowest BCUT2D eigenvalue weighted by Crippen LogP contribution is -2.28. The fourth-order valence-corrected chi connectivity index (χ4v) is 4.53. The molecule has 6 heteroatoms. The third-order valence-corrected chi connectivity index (χ3v) is 6.31. The third kappa shape index (κ3) is 3.72. The van der Waals surface area contributed by atoms with Gasteiger partial charge in [0.2, 0.25) is 0 Å². The highest BCUT2D eigenvalue weighted by atomic mass is 32.1. The molecule has 0 aliphatic heterocycles. The fourth-order valence-electron chi connectivity index (χ4n) is 2.79. The molecule has 0 unspecified atom stereocenters. The summed E-state index contributed by atoms with van der Waals surface area (Å²) in [5.74, 6) is 0.606. The Bertz CT molecular complexity index is 1050. The quantitative estimate of drug-likeness (QED) is 0.401. The standard InChI is InChI=1S/C21H18N2O2S2/c1-14-7-8-15(2)20-19(14)22-21(27-20)23(13-16-5-3-11-25-16)18(24)10-9-17-6-4-12-26-17/h3-12H,13H2,1-2H3/b10-9+. The molecule has 0 aliphatic rings. The molecule has 0 atom stereocenters. The molecule has 0 spiro atoms. The summed E-state index contributed by atoms with van der Waals surface area (Å²) in [5.41, 5.74) is 3.23. The average molecular weight is 395 g/mol. The Morgan fingerprint density at radius 1 is 1.19 bits per heavy atom. The number of fused-ring (bicyclic) bond motifs is 1. The number of benzene rings is 1. The number of carbonyl (C=O) groups excluding carboxylic acids is 1. The first-order chi connectivity index (χ1) is 13.1. The number of amides is 1. The highest BCUT2D eigenvalue weighted by molar-refractivity contribution is 7.22. The van der Waals surface area contributed by atoms with Crippen molar-refractivity contribution in [2.45, 2.75) is 20.4 Å². The van der Waals surface area contributed by atoms with Gasteiger partial charge in [-0.25, -0.2) is 4.98 Å². The molecule has 1 amide bonds. The maximum atomic E-state index is 13.0. The van der Waals surface area contributed by atoms with Gasteiger partial charge in [0.25, 0.3) is 5.91 Å². The molecule has 0 aliphatic carbocycles. The minimum Gasteiger partial charge on any atom is -0.467 e. The predicted molar refractivity (Wildman–Crippen MR) is 112 cm³/mol. The Labute approximate surface area is 165 Å². The zero-order valence-corrected chi connectivity index (χ0v) is 16.6. The number of aryl methyl sites for hydroxylation is 2. The first kappa shape index (κ1) is 17.7. The van der Waals surface area contributed by atoms with E-state index in [0.717, 1.165) is 26.4 Å². The smallest absolute Gasteiger partial charge is 0.253 e. The van der Waals surface area contributed by atoms with Gasteiger partial charge in [-0.05, 0) is 54.6 Å². The van der Waals surface area contributed by atoms with Crippen molar-refractivity contribution in [1.29, 1.82) is 0 Å². The lowest BCUT2D eigenvalue weighted by atomic mass is 10.1. The van der Waals surface area contributed by atoms with E-state index in [1.807, 2.05) is 42.6 Å². The Balaban J connectivity index is 1.72. The molecule has 0 radical (unpaired) electrons. The number of hydrogen-bond donors (Lipinski definition) is 0. The highest BCUT2D eigenvalue weighted by Crippen LogP contribution is 2.34. The topological polar surface area (TPSA) is 46.3 Å². The number of thiophene rings is 1. The van der Waals surface area contributed by atoms with Crippen LogP contribution in [0.4, 0.5) is 5.13 Å². The summed E-state index contributed by atoms with van der Waals surface area (Å²) in [7, 11) is 0. The summed E-state index contributed by atoms with van der Waals surface area (Å²) < 4.78 is 6.58. The van der Waals surface area contributed by atoms with Crippen LogP contribution in [0.3, 0.4) is 0 Å². The molecule has 0 saturated carbocycles. The lowest BCUT2D eigenvalue weighted by Gasteiger charge is -2.16. The number of rotatable bonds is 5. The molecule has 4 rings (SSSR count). The number of nitrogens with zero attached hydrogens (tertiary/aromatic N) is 2. The van der Waals surface area contributed by atoms with E-state index in [0.29, 0.717) is 11.7 Å². The number of carbonyl (C=O) groups is 1. The van der Waals surface area contributed by atoms with Crippen LogP contribution in [-0.4, -0.2) is 10.9 Å². The minimum atomic E-state index is -0.117. The number of aromatic nitrogens is 1. The number of furan rings is 1. The Morgan fingerprint density at radius 3 is 2.74 bits per heavy atom. The lowest BCUT2D eigenvalue weighted by molar-refractivity contribution is -0.114. The van der Waals surface area contributed by atoms with Crippen molar-refractivity contribution < 1.29 is 9.21 Å². The minimum absolute atomic E-state index is 0.117. The van der Waals surface area contributed by atoms with E-state index in [2.05, 4.69) is 19.1 Å². The second-order valence-electron chi connectivity index (χ2n) is 6.23. The van der Waals surface area contributed by atoms with E-state index >= 15 is 0 Å². The van der Waals surface area contributed by atoms with Crippen molar-refractivity contribution in [3.63, 3.8) is 0 Å². The van der Waals surface area contributed by atoms with Crippen molar-refractivity contribution in [3.8, 4) is 0 Å². The third-order valence-electron chi connectivity index (χ3n) is 4.26. The van der Waals surface area contributed by atoms with Gasteiger partial charge in [-0.3, -0.25) is 9.69 Å². The van der Waals surface area contributed by atoms with Crippen LogP contribution in [0.5, 0.6) is 0 Å². The van der Waals surface area contributed by atoms with Gasteiger partial charge in [-0.15, -0.1) is 11.3 Å². The largest absolute Gasteiger partial charge is 0.467 e. The number of hydrogen-bond acceptors (Lipinski definition) is 5. The molecule has 4 nitrogen and oxygen atoms in total. The molecular weight excluding hydrogens is 376 g/mol. The highest BCUT2D eigenvalue weighted by Gasteiger charge is 2.20. The molecule has 0 fully saturated rings. The van der Waals surface area contributed by atoms with Crippen molar-refractivity contribution in [2.75, 3.05) is 4.90 Å². The van der Waals surface area contributed by atoms with Crippen molar-refractivity contribution in [1.82, 2.24) is 4.98 Å². The first-order valence-electron chi connectivity index (χ1n) is 8.54. The van der Waals surface area contributed by atoms with E-state index < -0.39 is 0 Å². The van der Waals surface area contributed by atoms with Crippen LogP contribution in [-0.2, 0) is 11.3 Å². The maximum Gasteiger partial charge on any atom is 0.253 e. The summed E-state index contributed by atoms with van der Waals surface area (Å²) in [6.45, 7) is 4.46. The SMILES string of the molecule is Cc1ccc(C)c2sc(N(Cc3ccco3)C(=O)/C=C/c3cccs3)nc12. The van der Waals surface area contributed by atoms with E-state index in [1.165, 1.54) is 5.56 Å². The summed E-state index contributed by atoms with van der Waals surface area (Å²) in [6, 6.07) is 11.8. The molecular formula is C21H18N2O2S2. The van der Waals surface area contributed by atoms with E-state index in [1.54, 1.807) is 39.9 Å². The fraction of sp³-hybridized carbons (Fsp3) is 0.143. The zero-order chi connectivity index (χ0) is 18.8. The van der Waals surface area contributed by atoms with Gasteiger partial charge in [0.15, 0.2) is 5.13 Å². The molecule has 3 heterocycles. The molecule has 0 N–H and O–H groups in total. The second kappa shape index (κ2) is 7.50. The van der Waals surface area contributed by atoms with Crippen molar-refractivity contribution >= 4 is 50.0 Å². The Hall–Kier alpha value is -2.70. The van der Waals surface area contributed by atoms with E-state index in [-0.39, 0.29) is 5.91 Å². The van der Waals surface area contributed by atoms with Crippen LogP contribution in [0.2, 0.25) is 0 Å². The summed E-state index contributed by atoms with van der Waals surface area (Å²) in [4.78, 5) is 20.5.